The fraction of sp³-hybridized carbons (Fsp3) is 0.714. The first kappa shape index (κ1) is 26.8. The fourth-order valence-electron chi connectivity index (χ4n) is 7.01. The largest absolute Gasteiger partial charge is 0.385 e. The van der Waals surface area contributed by atoms with Crippen LogP contribution in [0.4, 0.5) is 14.5 Å². The van der Waals surface area contributed by atoms with Gasteiger partial charge in [-0.3, -0.25) is 0 Å². The number of anilines is 1. The van der Waals surface area contributed by atoms with Crippen molar-refractivity contribution in [1.29, 1.82) is 0 Å². The Morgan fingerprint density at radius 1 is 1.08 bits per heavy atom. The number of piperidine rings is 1. The van der Waals surface area contributed by atoms with Crippen molar-refractivity contribution >= 4 is 5.69 Å². The molecule has 2 fully saturated rings. The lowest BCUT2D eigenvalue weighted by molar-refractivity contribution is 0.0894. The summed E-state index contributed by atoms with van der Waals surface area (Å²) in [6.07, 6.45) is 2.42. The van der Waals surface area contributed by atoms with Crippen LogP contribution in [-0.4, -0.2) is 81.6 Å². The van der Waals surface area contributed by atoms with Crippen LogP contribution >= 0.6 is 0 Å². The van der Waals surface area contributed by atoms with Crippen molar-refractivity contribution in [2.24, 2.45) is 5.73 Å². The first-order chi connectivity index (χ1) is 17.6. The monoisotopic (exact) mass is 517 g/mol. The topological polar surface area (TPSA) is 71.8 Å². The molecular formula is C28H45F2N7. The smallest absolute Gasteiger partial charge is 0.264 e. The molecular weight excluding hydrogens is 472 g/mol. The van der Waals surface area contributed by atoms with Gasteiger partial charge in [0.1, 0.15) is 5.66 Å². The molecule has 1 aromatic rings. The van der Waals surface area contributed by atoms with Crippen LogP contribution in [0.2, 0.25) is 0 Å². The lowest BCUT2D eigenvalue weighted by atomic mass is 9.78. The van der Waals surface area contributed by atoms with Gasteiger partial charge in [-0.1, -0.05) is 13.0 Å². The molecule has 1 atom stereocenters. The van der Waals surface area contributed by atoms with Crippen LogP contribution in [0.1, 0.15) is 62.6 Å². The zero-order valence-corrected chi connectivity index (χ0v) is 23.0. The van der Waals surface area contributed by atoms with E-state index in [0.717, 1.165) is 93.8 Å². The fourth-order valence-corrected chi connectivity index (χ4v) is 7.01. The zero-order chi connectivity index (χ0) is 26.4. The van der Waals surface area contributed by atoms with Gasteiger partial charge in [0.05, 0.1) is 0 Å². The quantitative estimate of drug-likeness (QED) is 0.463. The molecule has 7 nitrogen and oxygen atoms in total. The second-order valence-corrected chi connectivity index (χ2v) is 12.0. The highest BCUT2D eigenvalue weighted by Gasteiger charge is 2.42. The molecule has 0 radical (unpaired) electrons. The summed E-state index contributed by atoms with van der Waals surface area (Å²) >= 11 is 0. The summed E-state index contributed by atoms with van der Waals surface area (Å²) in [4.78, 5) is 2.20. The van der Waals surface area contributed by atoms with Gasteiger partial charge < -0.3 is 26.6 Å². The Morgan fingerprint density at radius 3 is 2.46 bits per heavy atom. The summed E-state index contributed by atoms with van der Waals surface area (Å²) < 4.78 is 29.2. The highest BCUT2D eigenvalue weighted by atomic mass is 19.3. The molecule has 4 aliphatic heterocycles. The van der Waals surface area contributed by atoms with Crippen LogP contribution in [0, 0.1) is 0 Å². The Hall–Kier alpha value is -1.78. The standard InChI is InChI=1S/C28H45F2N7/c1-27(17-35(3)36(4)18-27)22-14-19-6-5-13-37(25(19)15-21(22)26(29)30)28(2,31)23-16-33-12-9-24(23)34-20-7-10-32-11-8-20/h14-15,20,26,32-34H,5-13,16-18,31H2,1-4H3. The van der Waals surface area contributed by atoms with Gasteiger partial charge in [-0.05, 0) is 69.3 Å². The van der Waals surface area contributed by atoms with Crippen LogP contribution in [0.15, 0.2) is 23.4 Å². The second kappa shape index (κ2) is 10.4. The Bertz CT molecular complexity index is 1010. The van der Waals surface area contributed by atoms with Crippen molar-refractivity contribution in [2.45, 2.75) is 69.5 Å². The SMILES string of the molecule is CN1CC(C)(c2cc3c(cc2C(F)F)N(C(C)(N)C2=C(NC4CCNCC4)CCNC2)CCC3)CN1C. The van der Waals surface area contributed by atoms with Crippen molar-refractivity contribution in [3.8, 4) is 0 Å². The Balaban J connectivity index is 1.52. The third kappa shape index (κ3) is 5.13. The molecule has 1 aromatic carbocycles. The molecule has 5 rings (SSSR count). The first-order valence-corrected chi connectivity index (χ1v) is 13.9. The lowest BCUT2D eigenvalue weighted by Gasteiger charge is -2.47. The summed E-state index contributed by atoms with van der Waals surface area (Å²) in [5, 5.41) is 15.0. The molecule has 0 spiro atoms. The van der Waals surface area contributed by atoms with Gasteiger partial charge in [-0.25, -0.2) is 18.8 Å². The average Bonchev–Trinajstić information content (AvgIpc) is 3.15. The highest BCUT2D eigenvalue weighted by molar-refractivity contribution is 5.64. The van der Waals surface area contributed by atoms with Gasteiger partial charge >= 0.3 is 0 Å². The molecule has 4 heterocycles. The molecule has 4 aliphatic rings. The number of aryl methyl sites for hydroxylation is 1. The third-order valence-electron chi connectivity index (χ3n) is 9.10. The number of nitrogens with zero attached hydrogens (tertiary/aromatic N) is 3. The van der Waals surface area contributed by atoms with Crippen molar-refractivity contribution in [3.63, 3.8) is 0 Å². The number of nitrogens with two attached hydrogens (primary N) is 1. The number of halogens is 2. The molecule has 37 heavy (non-hydrogen) atoms. The van der Waals surface area contributed by atoms with E-state index in [1.807, 2.05) is 14.1 Å². The number of likely N-dealkylation sites (N-methyl/N-ethyl adjacent to an activating group) is 2. The number of hydrazine groups is 1. The van der Waals surface area contributed by atoms with E-state index in [2.05, 4.69) is 50.8 Å². The summed E-state index contributed by atoms with van der Waals surface area (Å²) in [5.74, 6) is 0. The Kier molecular flexibility index (Phi) is 7.55. The Morgan fingerprint density at radius 2 is 1.78 bits per heavy atom. The number of alkyl halides is 2. The van der Waals surface area contributed by atoms with E-state index < -0.39 is 12.1 Å². The van der Waals surface area contributed by atoms with E-state index in [0.29, 0.717) is 12.6 Å². The summed E-state index contributed by atoms with van der Waals surface area (Å²) in [6.45, 7) is 10.1. The predicted molar refractivity (Wildman–Crippen MR) is 146 cm³/mol. The van der Waals surface area contributed by atoms with Gasteiger partial charge in [0, 0.05) is 80.8 Å². The van der Waals surface area contributed by atoms with Crippen molar-refractivity contribution in [3.05, 3.63) is 40.1 Å². The maximum Gasteiger partial charge on any atom is 0.264 e. The maximum absolute atomic E-state index is 14.6. The third-order valence-corrected chi connectivity index (χ3v) is 9.10. The molecule has 2 saturated heterocycles. The lowest BCUT2D eigenvalue weighted by Crippen LogP contribution is -2.60. The van der Waals surface area contributed by atoms with Crippen LogP contribution in [0.5, 0.6) is 0 Å². The molecule has 5 N–H and O–H groups in total. The van der Waals surface area contributed by atoms with Crippen LogP contribution in [-0.2, 0) is 11.8 Å². The second-order valence-electron chi connectivity index (χ2n) is 12.0. The summed E-state index contributed by atoms with van der Waals surface area (Å²) in [7, 11) is 4.05. The van der Waals surface area contributed by atoms with Gasteiger partial charge in [-0.2, -0.15) is 0 Å². The highest BCUT2D eigenvalue weighted by Crippen LogP contribution is 2.43. The van der Waals surface area contributed by atoms with Crippen molar-refractivity contribution in [2.75, 3.05) is 64.8 Å². The number of nitrogens with one attached hydrogen (secondary N) is 3. The van der Waals surface area contributed by atoms with Gasteiger partial charge in [0.15, 0.2) is 0 Å². The van der Waals surface area contributed by atoms with Gasteiger partial charge in [0.2, 0.25) is 0 Å². The van der Waals surface area contributed by atoms with E-state index in [4.69, 9.17) is 5.73 Å². The van der Waals surface area contributed by atoms with Crippen molar-refractivity contribution in [1.82, 2.24) is 26.0 Å². The molecule has 206 valence electrons. The minimum Gasteiger partial charge on any atom is -0.385 e. The van der Waals surface area contributed by atoms with Crippen LogP contribution < -0.4 is 26.6 Å². The first-order valence-electron chi connectivity index (χ1n) is 13.9. The number of hydrogen-bond acceptors (Lipinski definition) is 7. The van der Waals surface area contributed by atoms with E-state index in [1.165, 1.54) is 5.70 Å². The maximum atomic E-state index is 14.6. The number of rotatable bonds is 6. The van der Waals surface area contributed by atoms with E-state index in [-0.39, 0.29) is 11.0 Å². The molecule has 0 saturated carbocycles. The predicted octanol–water partition coefficient (Wildman–Crippen LogP) is 2.69. The minimum atomic E-state index is -2.53. The number of fused-ring (bicyclic) bond motifs is 1. The van der Waals surface area contributed by atoms with Crippen LogP contribution in [0.3, 0.4) is 0 Å². The average molecular weight is 518 g/mol. The van der Waals surface area contributed by atoms with E-state index in [1.54, 1.807) is 6.07 Å². The van der Waals surface area contributed by atoms with E-state index >= 15 is 0 Å². The van der Waals surface area contributed by atoms with Crippen molar-refractivity contribution < 1.29 is 8.78 Å². The molecule has 0 aromatic heterocycles. The molecule has 0 amide bonds. The number of hydrogen-bond donors (Lipinski definition) is 4. The summed E-state index contributed by atoms with van der Waals surface area (Å²) in [5.41, 5.74) is 11.4. The molecule has 0 bridgehead atoms. The van der Waals surface area contributed by atoms with E-state index in [9.17, 15) is 8.78 Å². The molecule has 1 unspecified atom stereocenters. The van der Waals surface area contributed by atoms with Gasteiger partial charge in [0.25, 0.3) is 6.43 Å². The zero-order valence-electron chi connectivity index (χ0n) is 23.0. The Labute approximate surface area is 220 Å². The summed E-state index contributed by atoms with van der Waals surface area (Å²) in [6, 6.07) is 4.29. The van der Waals surface area contributed by atoms with Crippen LogP contribution in [0.25, 0.3) is 0 Å². The minimum absolute atomic E-state index is 0.149. The number of benzene rings is 1. The van der Waals surface area contributed by atoms with Gasteiger partial charge in [-0.15, -0.1) is 0 Å². The normalized spacial score (nSPS) is 25.5. The molecule has 9 heteroatoms. The molecule has 0 aliphatic carbocycles.